The first kappa shape index (κ1) is 45.3. The normalized spacial score (nSPS) is 15.3. The number of anilines is 6. The number of hydrogen-bond donors (Lipinski definition) is 0. The number of benzene rings is 9. The van der Waals surface area contributed by atoms with Gasteiger partial charge in [-0.05, 0) is 142 Å². The van der Waals surface area contributed by atoms with E-state index in [9.17, 15) is 0 Å². The van der Waals surface area contributed by atoms with E-state index in [0.29, 0.717) is 17.7 Å². The smallest absolute Gasteiger partial charge is 0.252 e. The Morgan fingerprint density at radius 1 is 0.320 bits per heavy atom. The lowest BCUT2D eigenvalue weighted by atomic mass is 9.33. The van der Waals surface area contributed by atoms with Gasteiger partial charge in [0, 0.05) is 50.8 Å². The van der Waals surface area contributed by atoms with E-state index in [0.717, 1.165) is 50.8 Å². The van der Waals surface area contributed by atoms with Gasteiger partial charge in [-0.25, -0.2) is 9.97 Å². The first-order valence-electron chi connectivity index (χ1n) is 27.6. The van der Waals surface area contributed by atoms with Crippen molar-refractivity contribution in [2.24, 2.45) is 0 Å². The number of aromatic nitrogens is 2. The maximum Gasteiger partial charge on any atom is 0.252 e. The molecule has 14 rings (SSSR count). The molecule has 2 saturated carbocycles. The van der Waals surface area contributed by atoms with Crippen molar-refractivity contribution >= 4 is 57.2 Å². The fourth-order valence-electron chi connectivity index (χ4n) is 13.1. The molecule has 10 aromatic rings. The monoisotopic (exact) mass is 966 g/mol. The third-order valence-electron chi connectivity index (χ3n) is 16.9. The van der Waals surface area contributed by atoms with Crippen LogP contribution in [0.1, 0.15) is 87.2 Å². The van der Waals surface area contributed by atoms with Crippen LogP contribution in [0.2, 0.25) is 0 Å². The summed E-state index contributed by atoms with van der Waals surface area (Å²) in [4.78, 5) is 16.2. The van der Waals surface area contributed by atoms with Crippen LogP contribution in [0.4, 0.5) is 34.1 Å². The molecular formula is C70H59BN4. The summed E-state index contributed by atoms with van der Waals surface area (Å²) < 4.78 is 0. The van der Waals surface area contributed by atoms with Crippen molar-refractivity contribution in [2.75, 3.05) is 9.80 Å². The van der Waals surface area contributed by atoms with Crippen molar-refractivity contribution in [2.45, 2.75) is 76.0 Å². The predicted molar refractivity (Wildman–Crippen MR) is 315 cm³/mol. The Kier molecular flexibility index (Phi) is 11.8. The van der Waals surface area contributed by atoms with Gasteiger partial charge in [-0.3, -0.25) is 0 Å². The highest BCUT2D eigenvalue weighted by Gasteiger charge is 2.44. The minimum Gasteiger partial charge on any atom is -0.311 e. The van der Waals surface area contributed by atoms with Crippen molar-refractivity contribution in [3.8, 4) is 56.2 Å². The summed E-state index contributed by atoms with van der Waals surface area (Å²) in [6.07, 6.45) is 12.9. The van der Waals surface area contributed by atoms with E-state index in [1.807, 2.05) is 0 Å². The zero-order chi connectivity index (χ0) is 49.7. The highest BCUT2D eigenvalue weighted by Crippen LogP contribution is 2.48. The van der Waals surface area contributed by atoms with Gasteiger partial charge >= 0.3 is 0 Å². The minimum absolute atomic E-state index is 0.00253. The molecule has 0 spiro atoms. The summed E-state index contributed by atoms with van der Waals surface area (Å²) in [5.74, 6) is 1.83. The van der Waals surface area contributed by atoms with E-state index >= 15 is 0 Å². The molecule has 362 valence electrons. The molecule has 1 aromatic heterocycles. The molecule has 2 aliphatic heterocycles. The zero-order valence-electron chi connectivity index (χ0n) is 42.5. The van der Waals surface area contributed by atoms with Crippen LogP contribution in [-0.2, 0) is 0 Å². The molecule has 4 aliphatic rings. The minimum atomic E-state index is -0.00253. The quantitative estimate of drug-likeness (QED) is 0.135. The van der Waals surface area contributed by atoms with Gasteiger partial charge in [-0.1, -0.05) is 208 Å². The fraction of sp³-hybridized carbons (Fsp3) is 0.171. The van der Waals surface area contributed by atoms with Crippen molar-refractivity contribution in [3.05, 3.63) is 236 Å². The maximum atomic E-state index is 5.51. The maximum absolute atomic E-state index is 5.51. The molecule has 2 aliphatic carbocycles. The Labute approximate surface area is 442 Å². The largest absolute Gasteiger partial charge is 0.311 e. The molecule has 0 atom stereocenters. The summed E-state index contributed by atoms with van der Waals surface area (Å²) in [5, 5.41) is 0. The molecule has 75 heavy (non-hydrogen) atoms. The van der Waals surface area contributed by atoms with E-state index in [1.54, 1.807) is 0 Å². The van der Waals surface area contributed by atoms with E-state index < -0.39 is 0 Å². The molecule has 0 amide bonds. The Morgan fingerprint density at radius 3 is 1.09 bits per heavy atom. The van der Waals surface area contributed by atoms with E-state index in [4.69, 9.17) is 9.97 Å². The highest BCUT2D eigenvalue weighted by atomic mass is 15.2. The Balaban J connectivity index is 1.05. The molecule has 2 fully saturated rings. The molecule has 5 heteroatoms. The number of hydrogen-bond acceptors (Lipinski definition) is 4. The second-order valence-corrected chi connectivity index (χ2v) is 21.4. The second-order valence-electron chi connectivity index (χ2n) is 21.4. The predicted octanol–water partition coefficient (Wildman–Crippen LogP) is 17.0. The van der Waals surface area contributed by atoms with Crippen LogP contribution < -0.4 is 26.2 Å². The Bertz CT molecular complexity index is 3430. The molecule has 0 radical (unpaired) electrons. The summed E-state index contributed by atoms with van der Waals surface area (Å²) in [6.45, 7) is -0.00253. The van der Waals surface area contributed by atoms with Gasteiger partial charge in [-0.15, -0.1) is 0 Å². The lowest BCUT2D eigenvalue weighted by Gasteiger charge is -2.45. The number of rotatable bonds is 9. The highest BCUT2D eigenvalue weighted by molar-refractivity contribution is 7.00. The van der Waals surface area contributed by atoms with Crippen LogP contribution in [0, 0.1) is 0 Å². The molecule has 0 unspecified atom stereocenters. The van der Waals surface area contributed by atoms with Crippen LogP contribution in [0.15, 0.2) is 224 Å². The third-order valence-corrected chi connectivity index (χ3v) is 16.9. The molecule has 9 aromatic carbocycles. The first-order valence-corrected chi connectivity index (χ1v) is 27.6. The molecule has 3 heterocycles. The standard InChI is InChI=1S/C70H59BN4/c1-7-19-48(20-8-1)52-31-37-59(38-32-52)74-65-41-35-56(50-23-11-3-12-24-50)43-61(65)71-62-44-57(51-25-13-4-14-26-51)36-42-66(62)75(60-39-33-53(34-40-60)49-21-9-2-10-22-49)68-46-58(45-67(74)69(68)71)70-72-63(54-27-15-5-16-28-54)47-64(73-70)55-29-17-6-18-30-55/h1-2,5-10,15-22,27-47,50-51H,3-4,11-14,23-26H2. The molecule has 0 saturated heterocycles. The molecule has 0 bridgehead atoms. The van der Waals surface area contributed by atoms with Gasteiger partial charge in [-0.2, -0.15) is 0 Å². The third kappa shape index (κ3) is 8.45. The number of fused-ring (bicyclic) bond motifs is 4. The number of nitrogens with zero attached hydrogens (tertiary/aromatic N) is 4. The summed E-state index contributed by atoms with van der Waals surface area (Å²) in [6, 6.07) is 83.3. The van der Waals surface area contributed by atoms with Gasteiger partial charge in [0.15, 0.2) is 5.82 Å². The van der Waals surface area contributed by atoms with Crippen molar-refractivity contribution < 1.29 is 0 Å². The van der Waals surface area contributed by atoms with Crippen molar-refractivity contribution in [1.82, 2.24) is 9.97 Å². The summed E-state index contributed by atoms with van der Waals surface area (Å²) in [5.41, 5.74) is 23.8. The lowest BCUT2D eigenvalue weighted by molar-refractivity contribution is 0.444. The van der Waals surface area contributed by atoms with E-state index in [2.05, 4.69) is 234 Å². The Hall–Kier alpha value is -8.28. The average Bonchev–Trinajstić information content (AvgIpc) is 3.51. The van der Waals surface area contributed by atoms with Crippen molar-refractivity contribution in [3.63, 3.8) is 0 Å². The molecule has 4 nitrogen and oxygen atoms in total. The Morgan fingerprint density at radius 2 is 0.693 bits per heavy atom. The van der Waals surface area contributed by atoms with Crippen LogP contribution in [0.5, 0.6) is 0 Å². The van der Waals surface area contributed by atoms with Crippen molar-refractivity contribution in [1.29, 1.82) is 0 Å². The lowest BCUT2D eigenvalue weighted by Crippen LogP contribution is -2.61. The van der Waals surface area contributed by atoms with E-state index in [1.165, 1.54) is 125 Å². The summed E-state index contributed by atoms with van der Waals surface area (Å²) >= 11 is 0. The van der Waals surface area contributed by atoms with Gasteiger partial charge < -0.3 is 9.80 Å². The summed E-state index contributed by atoms with van der Waals surface area (Å²) in [7, 11) is 0. The SMILES string of the molecule is c1ccc(-c2ccc(N3c4ccc(C5CCCCC5)cc4B4c5cc(C6CCCCC6)ccc5N(c5ccc(-c6ccccc6)cc5)c5cc(-c6nc(-c7ccccc7)cc(-c7ccccc7)n6)cc3c54)cc2)cc1. The second kappa shape index (κ2) is 19.5. The van der Waals surface area contributed by atoms with Gasteiger partial charge in [0.05, 0.1) is 11.4 Å². The van der Waals surface area contributed by atoms with Crippen LogP contribution >= 0.6 is 0 Å². The zero-order valence-corrected chi connectivity index (χ0v) is 42.5. The average molecular weight is 967 g/mol. The topological polar surface area (TPSA) is 32.3 Å². The first-order chi connectivity index (χ1) is 37.2. The van der Waals surface area contributed by atoms with E-state index in [-0.39, 0.29) is 6.71 Å². The van der Waals surface area contributed by atoms with Gasteiger partial charge in [0.1, 0.15) is 0 Å². The van der Waals surface area contributed by atoms with Gasteiger partial charge in [0.2, 0.25) is 0 Å². The molecular weight excluding hydrogens is 908 g/mol. The molecule has 0 N–H and O–H groups in total. The van der Waals surface area contributed by atoms with Crippen LogP contribution in [-0.4, -0.2) is 16.7 Å². The van der Waals surface area contributed by atoms with Gasteiger partial charge in [0.25, 0.3) is 6.71 Å². The van der Waals surface area contributed by atoms with Crippen LogP contribution in [0.3, 0.4) is 0 Å². The van der Waals surface area contributed by atoms with Crippen LogP contribution in [0.25, 0.3) is 56.2 Å². The fourth-order valence-corrected chi connectivity index (χ4v) is 13.1.